The van der Waals surface area contributed by atoms with Gasteiger partial charge in [0.1, 0.15) is 0 Å². The molecule has 0 unspecified atom stereocenters. The molecule has 0 radical (unpaired) electrons. The highest BCUT2D eigenvalue weighted by Gasteiger charge is 2.19. The summed E-state index contributed by atoms with van der Waals surface area (Å²) < 4.78 is 0. The van der Waals surface area contributed by atoms with Crippen molar-refractivity contribution in [1.82, 2.24) is 15.1 Å². The van der Waals surface area contributed by atoms with Crippen molar-refractivity contribution in [3.63, 3.8) is 0 Å². The van der Waals surface area contributed by atoms with E-state index in [0.29, 0.717) is 12.5 Å². The summed E-state index contributed by atoms with van der Waals surface area (Å²) in [5.41, 5.74) is 0. The normalized spacial score (nSPS) is 17.2. The van der Waals surface area contributed by atoms with Crippen LogP contribution in [-0.4, -0.2) is 66.7 Å². The molecule has 1 fully saturated rings. The lowest BCUT2D eigenvalue weighted by atomic mass is 9.97. The second-order valence-electron chi connectivity index (χ2n) is 5.13. The molecular formula is C13H25N3O3. The molecule has 1 aliphatic rings. The molecule has 0 aromatic rings. The number of amides is 2. The zero-order chi connectivity index (χ0) is 14.3. The molecule has 1 heterocycles. The topological polar surface area (TPSA) is 72.9 Å². The van der Waals surface area contributed by atoms with Gasteiger partial charge in [-0.1, -0.05) is 6.92 Å². The molecule has 110 valence electrons. The van der Waals surface area contributed by atoms with E-state index in [1.807, 2.05) is 0 Å². The predicted octanol–water partition coefficient (Wildman–Crippen LogP) is 0.834. The average molecular weight is 271 g/mol. The summed E-state index contributed by atoms with van der Waals surface area (Å²) in [5, 5.41) is 11.4. The van der Waals surface area contributed by atoms with Crippen molar-refractivity contribution >= 4 is 12.0 Å². The van der Waals surface area contributed by atoms with E-state index in [1.54, 1.807) is 7.05 Å². The largest absolute Gasteiger partial charge is 0.481 e. The number of nitrogens with zero attached hydrogens (tertiary/aromatic N) is 2. The van der Waals surface area contributed by atoms with Gasteiger partial charge in [0.05, 0.1) is 6.42 Å². The van der Waals surface area contributed by atoms with Gasteiger partial charge < -0.3 is 20.2 Å². The number of carboxylic acid groups (broad SMARTS) is 1. The number of carbonyl (C=O) groups is 2. The number of carbonyl (C=O) groups excluding carboxylic acids is 1. The summed E-state index contributed by atoms with van der Waals surface area (Å²) in [6.45, 7) is 6.40. The first-order valence-corrected chi connectivity index (χ1v) is 6.96. The van der Waals surface area contributed by atoms with E-state index >= 15 is 0 Å². The van der Waals surface area contributed by atoms with Gasteiger partial charge >= 0.3 is 12.0 Å². The molecule has 6 nitrogen and oxygen atoms in total. The summed E-state index contributed by atoms with van der Waals surface area (Å²) >= 11 is 0. The fourth-order valence-corrected chi connectivity index (χ4v) is 2.24. The van der Waals surface area contributed by atoms with Gasteiger partial charge in [0.25, 0.3) is 0 Å². The van der Waals surface area contributed by atoms with Gasteiger partial charge in [0, 0.05) is 20.1 Å². The van der Waals surface area contributed by atoms with Crippen LogP contribution in [0.15, 0.2) is 0 Å². The average Bonchev–Trinajstić information content (AvgIpc) is 2.42. The van der Waals surface area contributed by atoms with E-state index in [-0.39, 0.29) is 19.0 Å². The molecule has 19 heavy (non-hydrogen) atoms. The van der Waals surface area contributed by atoms with Gasteiger partial charge in [-0.05, 0) is 38.4 Å². The minimum absolute atomic E-state index is 0.0151. The van der Waals surface area contributed by atoms with Crippen molar-refractivity contribution in [2.24, 2.45) is 5.92 Å². The molecule has 0 aliphatic carbocycles. The smallest absolute Gasteiger partial charge is 0.317 e. The Morgan fingerprint density at radius 3 is 2.53 bits per heavy atom. The van der Waals surface area contributed by atoms with E-state index in [1.165, 1.54) is 4.90 Å². The number of hydrogen-bond donors (Lipinski definition) is 2. The summed E-state index contributed by atoms with van der Waals surface area (Å²) in [7, 11) is 1.62. The van der Waals surface area contributed by atoms with Crippen LogP contribution in [-0.2, 0) is 4.79 Å². The van der Waals surface area contributed by atoms with E-state index in [9.17, 15) is 9.59 Å². The molecule has 1 aliphatic heterocycles. The highest BCUT2D eigenvalue weighted by Crippen LogP contribution is 2.15. The second kappa shape index (κ2) is 7.99. The maximum Gasteiger partial charge on any atom is 0.317 e. The Morgan fingerprint density at radius 1 is 1.37 bits per heavy atom. The van der Waals surface area contributed by atoms with E-state index in [2.05, 4.69) is 17.1 Å². The lowest BCUT2D eigenvalue weighted by molar-refractivity contribution is -0.137. The van der Waals surface area contributed by atoms with Crippen LogP contribution in [0.25, 0.3) is 0 Å². The lowest BCUT2D eigenvalue weighted by Gasteiger charge is -2.31. The van der Waals surface area contributed by atoms with Crippen LogP contribution in [0.1, 0.15) is 26.2 Å². The summed E-state index contributed by atoms with van der Waals surface area (Å²) in [6, 6.07) is -0.181. The molecule has 0 saturated carbocycles. The Labute approximate surface area is 114 Å². The molecule has 0 bridgehead atoms. The minimum atomic E-state index is -0.883. The molecular weight excluding hydrogens is 246 g/mol. The quantitative estimate of drug-likeness (QED) is 0.750. The van der Waals surface area contributed by atoms with Crippen LogP contribution in [0, 0.1) is 5.92 Å². The molecule has 2 N–H and O–H groups in total. The standard InChI is InChI=1S/C13H25N3O3/c1-3-16-8-4-11(5-9-16)10-14-13(19)15(2)7-6-12(17)18/h11H,3-10H2,1-2H3,(H,14,19)(H,17,18). The van der Waals surface area contributed by atoms with Gasteiger partial charge in [0.15, 0.2) is 0 Å². The fourth-order valence-electron chi connectivity index (χ4n) is 2.24. The van der Waals surface area contributed by atoms with Crippen LogP contribution in [0.2, 0.25) is 0 Å². The molecule has 0 spiro atoms. The van der Waals surface area contributed by atoms with E-state index < -0.39 is 5.97 Å². The maximum absolute atomic E-state index is 11.7. The zero-order valence-electron chi connectivity index (χ0n) is 11.9. The van der Waals surface area contributed by atoms with Gasteiger partial charge in [-0.25, -0.2) is 4.79 Å². The van der Waals surface area contributed by atoms with Crippen LogP contribution in [0.3, 0.4) is 0 Å². The number of piperidine rings is 1. The number of urea groups is 1. The van der Waals surface area contributed by atoms with Crippen molar-refractivity contribution < 1.29 is 14.7 Å². The van der Waals surface area contributed by atoms with Crippen LogP contribution in [0.5, 0.6) is 0 Å². The number of hydrogen-bond acceptors (Lipinski definition) is 3. The Bertz CT molecular complexity index is 302. The highest BCUT2D eigenvalue weighted by molar-refractivity contribution is 5.74. The lowest BCUT2D eigenvalue weighted by Crippen LogP contribution is -2.43. The van der Waals surface area contributed by atoms with Crippen molar-refractivity contribution in [1.29, 1.82) is 0 Å². The van der Waals surface area contributed by atoms with Crippen molar-refractivity contribution in [2.75, 3.05) is 39.8 Å². The predicted molar refractivity (Wildman–Crippen MR) is 73.1 cm³/mol. The molecule has 6 heteroatoms. The Hall–Kier alpha value is -1.30. The minimum Gasteiger partial charge on any atom is -0.481 e. The number of likely N-dealkylation sites (tertiary alicyclic amines) is 1. The second-order valence-corrected chi connectivity index (χ2v) is 5.13. The number of rotatable bonds is 6. The van der Waals surface area contributed by atoms with Gasteiger partial charge in [0.2, 0.25) is 0 Å². The summed E-state index contributed by atoms with van der Waals surface area (Å²) in [4.78, 5) is 26.0. The molecule has 0 aromatic heterocycles. The first kappa shape index (κ1) is 15.8. The molecule has 2 amide bonds. The molecule has 0 atom stereocenters. The number of aliphatic carboxylic acids is 1. The number of nitrogens with one attached hydrogen (secondary N) is 1. The van der Waals surface area contributed by atoms with Crippen molar-refractivity contribution in [2.45, 2.75) is 26.2 Å². The molecule has 1 rings (SSSR count). The third-order valence-electron chi connectivity index (χ3n) is 3.70. The highest BCUT2D eigenvalue weighted by atomic mass is 16.4. The Morgan fingerprint density at radius 2 is 2.00 bits per heavy atom. The maximum atomic E-state index is 11.7. The fraction of sp³-hybridized carbons (Fsp3) is 0.846. The summed E-state index contributed by atoms with van der Waals surface area (Å²) in [6.07, 6.45) is 2.22. The third kappa shape index (κ3) is 5.92. The Balaban J connectivity index is 2.17. The van der Waals surface area contributed by atoms with Gasteiger partial charge in [-0.2, -0.15) is 0 Å². The van der Waals surface area contributed by atoms with Gasteiger partial charge in [-0.15, -0.1) is 0 Å². The summed E-state index contributed by atoms with van der Waals surface area (Å²) in [5.74, 6) is -0.341. The van der Waals surface area contributed by atoms with Crippen LogP contribution in [0.4, 0.5) is 4.79 Å². The van der Waals surface area contributed by atoms with Crippen LogP contribution < -0.4 is 5.32 Å². The SMILES string of the molecule is CCN1CCC(CNC(=O)N(C)CCC(=O)O)CC1. The first-order valence-electron chi connectivity index (χ1n) is 6.96. The van der Waals surface area contributed by atoms with Crippen molar-refractivity contribution in [3.05, 3.63) is 0 Å². The van der Waals surface area contributed by atoms with Crippen molar-refractivity contribution in [3.8, 4) is 0 Å². The molecule has 1 saturated heterocycles. The van der Waals surface area contributed by atoms with E-state index in [0.717, 1.165) is 32.5 Å². The van der Waals surface area contributed by atoms with Gasteiger partial charge in [-0.3, -0.25) is 4.79 Å². The zero-order valence-corrected chi connectivity index (χ0v) is 11.9. The molecule has 0 aromatic carbocycles. The monoisotopic (exact) mass is 271 g/mol. The van der Waals surface area contributed by atoms with Crippen LogP contribution >= 0.6 is 0 Å². The Kier molecular flexibility index (Phi) is 6.62. The first-order chi connectivity index (χ1) is 9.02. The number of carboxylic acids is 1. The van der Waals surface area contributed by atoms with E-state index in [4.69, 9.17) is 5.11 Å². The third-order valence-corrected chi connectivity index (χ3v) is 3.70.